The maximum absolute atomic E-state index is 12.2. The zero-order chi connectivity index (χ0) is 9.03. The Morgan fingerprint density at radius 1 is 1.07 bits per heavy atom. The van der Waals surface area contributed by atoms with Gasteiger partial charge < -0.3 is 17.2 Å². The number of benzene rings is 1. The topological polar surface area (TPSA) is 23.1 Å². The van der Waals surface area contributed by atoms with Crippen molar-refractivity contribution in [2.45, 2.75) is 25.9 Å². The summed E-state index contributed by atoms with van der Waals surface area (Å²) in [5.41, 5.74) is 0. The predicted octanol–water partition coefficient (Wildman–Crippen LogP) is -2.14. The SMILES string of the molecule is CC[Si]([O-])(CC)c1ccccc1.[Cl-].[Mg+2]. The summed E-state index contributed by atoms with van der Waals surface area (Å²) in [5, 5.41) is 1.05. The maximum Gasteiger partial charge on any atom is 2.00 e. The van der Waals surface area contributed by atoms with E-state index in [4.69, 9.17) is 0 Å². The van der Waals surface area contributed by atoms with Crippen molar-refractivity contribution in [3.05, 3.63) is 30.3 Å². The van der Waals surface area contributed by atoms with Gasteiger partial charge in [0.2, 0.25) is 0 Å². The molecule has 0 amide bonds. The fraction of sp³-hybridized carbons (Fsp3) is 0.400. The molecule has 1 rings (SSSR count). The van der Waals surface area contributed by atoms with E-state index in [-0.39, 0.29) is 35.5 Å². The van der Waals surface area contributed by atoms with Crippen LogP contribution in [0.4, 0.5) is 0 Å². The number of halogens is 1. The summed E-state index contributed by atoms with van der Waals surface area (Å²) in [5.74, 6) is 0. The van der Waals surface area contributed by atoms with Crippen molar-refractivity contribution in [2.75, 3.05) is 0 Å². The van der Waals surface area contributed by atoms with Gasteiger partial charge in [-0.25, -0.2) is 0 Å². The minimum Gasteiger partial charge on any atom is -1.00 e. The van der Waals surface area contributed by atoms with Gasteiger partial charge in [-0.15, -0.1) is 0 Å². The van der Waals surface area contributed by atoms with Gasteiger partial charge >= 0.3 is 23.1 Å². The molecule has 0 fully saturated rings. The van der Waals surface area contributed by atoms with E-state index in [1.54, 1.807) is 0 Å². The molecule has 0 bridgehead atoms. The summed E-state index contributed by atoms with van der Waals surface area (Å²) in [4.78, 5) is 12.2. The molecule has 1 aromatic carbocycles. The molecule has 4 heteroatoms. The van der Waals surface area contributed by atoms with E-state index in [1.165, 1.54) is 0 Å². The zero-order valence-electron chi connectivity index (χ0n) is 8.79. The first-order valence-electron chi connectivity index (χ1n) is 4.49. The molecule has 0 heterocycles. The Hall–Kier alpha value is 0.453. The Balaban J connectivity index is 0. The molecule has 0 aliphatic heterocycles. The second-order valence-electron chi connectivity index (χ2n) is 3.07. The Morgan fingerprint density at radius 3 is 1.86 bits per heavy atom. The second kappa shape index (κ2) is 7.71. The molecule has 0 radical (unpaired) electrons. The van der Waals surface area contributed by atoms with Crippen LogP contribution in [0.5, 0.6) is 0 Å². The maximum atomic E-state index is 12.2. The normalized spacial score (nSPS) is 9.93. The van der Waals surface area contributed by atoms with Gasteiger partial charge in [0.1, 0.15) is 0 Å². The molecule has 0 N–H and O–H groups in total. The number of hydrogen-bond donors (Lipinski definition) is 0. The standard InChI is InChI=1S/C10H15OSi.ClH.Mg/c1-3-12(11,4-2)10-8-6-5-7-9-10;;/h5-9H,3-4H2,1-2H3;1H;/q-1;;+2/p-1. The molecule has 0 saturated carbocycles. The van der Waals surface area contributed by atoms with Crippen molar-refractivity contribution in [3.63, 3.8) is 0 Å². The van der Waals surface area contributed by atoms with Crippen LogP contribution in [0.25, 0.3) is 0 Å². The predicted molar refractivity (Wildman–Crippen MR) is 58.5 cm³/mol. The van der Waals surface area contributed by atoms with Crippen LogP contribution in [0.3, 0.4) is 0 Å². The first kappa shape index (κ1) is 16.9. The van der Waals surface area contributed by atoms with Crippen molar-refractivity contribution >= 4 is 36.6 Å². The first-order chi connectivity index (χ1) is 5.73. The Labute approximate surface area is 110 Å². The molecule has 0 saturated heterocycles. The van der Waals surface area contributed by atoms with Crippen molar-refractivity contribution < 1.29 is 17.2 Å². The molecule has 0 spiro atoms. The number of hydrogen-bond acceptors (Lipinski definition) is 1. The van der Waals surface area contributed by atoms with Crippen LogP contribution in [-0.2, 0) is 0 Å². The van der Waals surface area contributed by atoms with Crippen molar-refractivity contribution in [2.24, 2.45) is 0 Å². The van der Waals surface area contributed by atoms with Crippen LogP contribution >= 0.6 is 0 Å². The van der Waals surface area contributed by atoms with E-state index in [2.05, 4.69) is 0 Å². The van der Waals surface area contributed by atoms with Crippen molar-refractivity contribution in [3.8, 4) is 0 Å². The average Bonchev–Trinajstić information content (AvgIpc) is 2.18. The van der Waals surface area contributed by atoms with Crippen molar-refractivity contribution in [1.29, 1.82) is 0 Å². The molecule has 0 aliphatic rings. The Kier molecular flexibility index (Phi) is 9.29. The van der Waals surface area contributed by atoms with Gasteiger partial charge in [0.05, 0.1) is 0 Å². The quantitative estimate of drug-likeness (QED) is 0.552. The van der Waals surface area contributed by atoms with E-state index in [1.807, 2.05) is 44.2 Å². The van der Waals surface area contributed by atoms with Crippen LogP contribution in [0, 0.1) is 0 Å². The fourth-order valence-corrected chi connectivity index (χ4v) is 3.52. The fourth-order valence-electron chi connectivity index (χ4n) is 1.40. The first-order valence-corrected chi connectivity index (χ1v) is 6.81. The molecule has 74 valence electrons. The Bertz CT molecular complexity index is 239. The molecule has 0 atom stereocenters. The van der Waals surface area contributed by atoms with Crippen LogP contribution in [-0.4, -0.2) is 31.4 Å². The van der Waals surface area contributed by atoms with Crippen molar-refractivity contribution in [1.82, 2.24) is 0 Å². The Morgan fingerprint density at radius 2 is 1.50 bits per heavy atom. The van der Waals surface area contributed by atoms with Gasteiger partial charge in [0.15, 0.2) is 0 Å². The molecule has 14 heavy (non-hydrogen) atoms. The van der Waals surface area contributed by atoms with Crippen LogP contribution in [0.2, 0.25) is 12.1 Å². The van der Waals surface area contributed by atoms with Gasteiger partial charge in [-0.1, -0.05) is 61.5 Å². The molecular weight excluding hydrogens is 224 g/mol. The third-order valence-corrected chi connectivity index (χ3v) is 6.11. The minimum atomic E-state index is -2.32. The summed E-state index contributed by atoms with van der Waals surface area (Å²) >= 11 is 0. The molecule has 0 unspecified atom stereocenters. The third-order valence-electron chi connectivity index (χ3n) is 2.44. The monoisotopic (exact) mass is 238 g/mol. The molecular formula is C10H15ClMgOSi. The van der Waals surface area contributed by atoms with Gasteiger partial charge in [0, 0.05) is 0 Å². The van der Waals surface area contributed by atoms with Gasteiger partial charge in [-0.05, 0) is 8.32 Å². The van der Waals surface area contributed by atoms with E-state index < -0.39 is 8.32 Å². The minimum absolute atomic E-state index is 0. The van der Waals surface area contributed by atoms with Crippen LogP contribution in [0.15, 0.2) is 30.3 Å². The molecule has 0 aliphatic carbocycles. The largest absolute Gasteiger partial charge is 2.00 e. The van der Waals surface area contributed by atoms with Crippen LogP contribution in [0.1, 0.15) is 13.8 Å². The van der Waals surface area contributed by atoms with Gasteiger partial charge in [-0.2, -0.15) is 0 Å². The molecule has 1 nitrogen and oxygen atoms in total. The summed E-state index contributed by atoms with van der Waals surface area (Å²) in [7, 11) is -2.32. The molecule has 1 aromatic rings. The van der Waals surface area contributed by atoms with Crippen LogP contribution < -0.4 is 22.4 Å². The number of rotatable bonds is 3. The van der Waals surface area contributed by atoms with Gasteiger partial charge in [0.25, 0.3) is 0 Å². The zero-order valence-corrected chi connectivity index (χ0v) is 12.0. The van der Waals surface area contributed by atoms with E-state index in [9.17, 15) is 4.80 Å². The third kappa shape index (κ3) is 3.90. The van der Waals surface area contributed by atoms with Gasteiger partial charge in [-0.3, -0.25) is 0 Å². The summed E-state index contributed by atoms with van der Waals surface area (Å²) in [6.45, 7) is 4.02. The summed E-state index contributed by atoms with van der Waals surface area (Å²) in [6.07, 6.45) is 0. The summed E-state index contributed by atoms with van der Waals surface area (Å²) < 4.78 is 0. The average molecular weight is 239 g/mol. The summed E-state index contributed by atoms with van der Waals surface area (Å²) in [6, 6.07) is 11.4. The second-order valence-corrected chi connectivity index (χ2v) is 7.05. The van der Waals surface area contributed by atoms with E-state index >= 15 is 0 Å². The van der Waals surface area contributed by atoms with E-state index in [0.717, 1.165) is 17.3 Å². The smallest absolute Gasteiger partial charge is 1.00 e. The van der Waals surface area contributed by atoms with E-state index in [0.29, 0.717) is 0 Å². The molecule has 0 aromatic heterocycles.